The second kappa shape index (κ2) is 12.4. The lowest BCUT2D eigenvalue weighted by molar-refractivity contribution is -0.0336. The Bertz CT molecular complexity index is 806. The van der Waals surface area contributed by atoms with E-state index in [1.165, 1.54) is 6.07 Å². The zero-order valence-corrected chi connectivity index (χ0v) is 20.0. The minimum Gasteiger partial charge on any atom is -0.376 e. The molecule has 0 amide bonds. The molecule has 30 heavy (non-hydrogen) atoms. The second-order valence-corrected chi connectivity index (χ2v) is 7.46. The van der Waals surface area contributed by atoms with Crippen LogP contribution in [0.5, 0.6) is 0 Å². The lowest BCUT2D eigenvalue weighted by atomic mass is 10.0. The van der Waals surface area contributed by atoms with Gasteiger partial charge < -0.3 is 15.8 Å². The van der Waals surface area contributed by atoms with Crippen LogP contribution in [0.1, 0.15) is 24.2 Å². The fourth-order valence-corrected chi connectivity index (χ4v) is 3.74. The average molecular weight is 548 g/mol. The molecule has 2 heterocycles. The average Bonchev–Trinajstić information content (AvgIpc) is 2.71. The van der Waals surface area contributed by atoms with Crippen LogP contribution in [0.15, 0.2) is 47.6 Å². The Morgan fingerprint density at radius 2 is 2.23 bits per heavy atom. The Labute approximate surface area is 199 Å². The molecule has 0 aliphatic carbocycles. The molecule has 0 spiro atoms. The molecule has 9 heteroatoms. The Hall–Kier alpha value is -1.49. The van der Waals surface area contributed by atoms with Crippen LogP contribution < -0.4 is 11.1 Å². The van der Waals surface area contributed by atoms with Crippen molar-refractivity contribution in [1.82, 2.24) is 15.2 Å². The highest BCUT2D eigenvalue weighted by Gasteiger charge is 2.29. The maximum atomic E-state index is 14.6. The van der Waals surface area contributed by atoms with Crippen LogP contribution in [-0.2, 0) is 11.2 Å². The molecule has 164 valence electrons. The minimum atomic E-state index is -0.335. The smallest absolute Gasteiger partial charge is 0.188 e. The highest BCUT2D eigenvalue weighted by Crippen LogP contribution is 2.31. The fraction of sp³-hybridized carbons (Fsp3) is 0.429. The van der Waals surface area contributed by atoms with Gasteiger partial charge in [0.05, 0.1) is 25.3 Å². The summed E-state index contributed by atoms with van der Waals surface area (Å²) >= 11 is 6.35. The predicted molar refractivity (Wildman–Crippen MR) is 129 cm³/mol. The number of benzene rings is 1. The summed E-state index contributed by atoms with van der Waals surface area (Å²) in [7, 11) is 0. The number of aliphatic imine (C=N–C) groups is 1. The molecule has 2 unspecified atom stereocenters. The number of morpholine rings is 1. The van der Waals surface area contributed by atoms with Gasteiger partial charge in [0.1, 0.15) is 5.82 Å². The molecule has 1 aromatic carbocycles. The number of pyridine rings is 1. The van der Waals surface area contributed by atoms with Gasteiger partial charge in [0.2, 0.25) is 0 Å². The van der Waals surface area contributed by atoms with Gasteiger partial charge >= 0.3 is 0 Å². The molecule has 0 radical (unpaired) electrons. The summed E-state index contributed by atoms with van der Waals surface area (Å²) in [5.74, 6) is -0.0155. The van der Waals surface area contributed by atoms with Gasteiger partial charge in [-0.1, -0.05) is 23.7 Å². The van der Waals surface area contributed by atoms with Crippen LogP contribution in [0, 0.1) is 5.82 Å². The van der Waals surface area contributed by atoms with E-state index in [0.717, 1.165) is 12.1 Å². The third kappa shape index (κ3) is 7.04. The van der Waals surface area contributed by atoms with Crippen LogP contribution in [0.2, 0.25) is 5.02 Å². The fourth-order valence-electron chi connectivity index (χ4n) is 3.45. The van der Waals surface area contributed by atoms with Crippen molar-refractivity contribution in [1.29, 1.82) is 0 Å². The highest BCUT2D eigenvalue weighted by molar-refractivity contribution is 14.0. The third-order valence-corrected chi connectivity index (χ3v) is 5.22. The number of nitrogens with zero attached hydrogens (tertiary/aromatic N) is 3. The zero-order valence-electron chi connectivity index (χ0n) is 16.9. The Balaban J connectivity index is 0.00000320. The molecule has 3 rings (SSSR count). The van der Waals surface area contributed by atoms with Crippen molar-refractivity contribution in [2.75, 3.05) is 32.8 Å². The van der Waals surface area contributed by atoms with Gasteiger partial charge in [0, 0.05) is 48.5 Å². The van der Waals surface area contributed by atoms with Gasteiger partial charge in [-0.15, -0.1) is 24.0 Å². The summed E-state index contributed by atoms with van der Waals surface area (Å²) in [4.78, 5) is 10.9. The first-order chi connectivity index (χ1) is 14.0. The molecule has 1 aromatic heterocycles. The Morgan fingerprint density at radius 1 is 1.40 bits per heavy atom. The molecule has 3 N–H and O–H groups in total. The van der Waals surface area contributed by atoms with E-state index in [2.05, 4.69) is 20.2 Å². The quantitative estimate of drug-likeness (QED) is 0.316. The number of hydrogen-bond donors (Lipinski definition) is 2. The maximum Gasteiger partial charge on any atom is 0.188 e. The molecule has 1 aliphatic rings. The lowest BCUT2D eigenvalue weighted by Crippen LogP contribution is -2.44. The number of halogens is 3. The number of hydrogen-bond acceptors (Lipinski definition) is 4. The molecule has 0 bridgehead atoms. The number of nitrogens with one attached hydrogen (secondary N) is 1. The molecular formula is C21H28ClFIN5O. The van der Waals surface area contributed by atoms with Crippen molar-refractivity contribution in [3.63, 3.8) is 0 Å². The van der Waals surface area contributed by atoms with E-state index >= 15 is 0 Å². The molecule has 6 nitrogen and oxygen atoms in total. The van der Waals surface area contributed by atoms with E-state index in [1.807, 2.05) is 25.1 Å². The van der Waals surface area contributed by atoms with Crippen molar-refractivity contribution < 1.29 is 9.13 Å². The molecule has 2 aromatic rings. The van der Waals surface area contributed by atoms with Crippen molar-refractivity contribution in [3.05, 3.63) is 64.7 Å². The normalized spacial score (nSPS) is 18.5. The van der Waals surface area contributed by atoms with E-state index in [1.54, 1.807) is 18.3 Å². The molecule has 1 saturated heterocycles. The number of rotatable bonds is 7. The van der Waals surface area contributed by atoms with Gasteiger partial charge in [-0.25, -0.2) is 4.39 Å². The lowest BCUT2D eigenvalue weighted by Gasteiger charge is -2.37. The van der Waals surface area contributed by atoms with Gasteiger partial charge in [0.25, 0.3) is 0 Å². The molecule has 0 saturated carbocycles. The van der Waals surface area contributed by atoms with E-state index in [0.29, 0.717) is 49.3 Å². The van der Waals surface area contributed by atoms with Crippen LogP contribution in [0.3, 0.4) is 0 Å². The summed E-state index contributed by atoms with van der Waals surface area (Å²) in [5.41, 5.74) is 7.48. The van der Waals surface area contributed by atoms with E-state index in [-0.39, 0.29) is 41.9 Å². The van der Waals surface area contributed by atoms with Crippen LogP contribution >= 0.6 is 35.6 Å². The van der Waals surface area contributed by atoms with Gasteiger partial charge in [-0.3, -0.25) is 14.9 Å². The number of ether oxygens (including phenoxy) is 1. The van der Waals surface area contributed by atoms with Crippen molar-refractivity contribution in [2.45, 2.75) is 25.5 Å². The van der Waals surface area contributed by atoms with Crippen molar-refractivity contribution in [2.24, 2.45) is 10.7 Å². The molecular weight excluding hydrogens is 520 g/mol. The minimum absolute atomic E-state index is 0. The van der Waals surface area contributed by atoms with Crippen LogP contribution in [0.25, 0.3) is 0 Å². The first-order valence-electron chi connectivity index (χ1n) is 9.78. The van der Waals surface area contributed by atoms with Crippen molar-refractivity contribution in [3.8, 4) is 0 Å². The SMILES string of the molecule is CC1CN(C(CN=C(N)NCCc2ccccn2)c2c(F)cccc2Cl)CCO1.I. The molecule has 1 aliphatic heterocycles. The topological polar surface area (TPSA) is 75.8 Å². The Kier molecular flexibility index (Phi) is 10.2. The standard InChI is InChI=1S/C21H27ClFN5O.HI/c1-15-14-28(11-12-29-15)19(20-17(22)6-4-7-18(20)23)13-27-21(24)26-10-8-16-5-2-3-9-25-16;/h2-7,9,15,19H,8,10-14H2,1H3,(H3,24,26,27);1H. The Morgan fingerprint density at radius 3 is 2.93 bits per heavy atom. The molecule has 2 atom stereocenters. The largest absolute Gasteiger partial charge is 0.376 e. The van der Waals surface area contributed by atoms with Gasteiger partial charge in [0.15, 0.2) is 5.96 Å². The number of guanidine groups is 1. The van der Waals surface area contributed by atoms with E-state index < -0.39 is 0 Å². The third-order valence-electron chi connectivity index (χ3n) is 4.89. The van der Waals surface area contributed by atoms with E-state index in [4.69, 9.17) is 22.1 Å². The first-order valence-corrected chi connectivity index (χ1v) is 10.2. The first kappa shape index (κ1) is 24.8. The summed E-state index contributed by atoms with van der Waals surface area (Å²) in [6.45, 7) is 4.87. The second-order valence-electron chi connectivity index (χ2n) is 7.05. The van der Waals surface area contributed by atoms with Crippen molar-refractivity contribution >= 4 is 41.5 Å². The predicted octanol–water partition coefficient (Wildman–Crippen LogP) is 3.40. The van der Waals surface area contributed by atoms with Crippen LogP contribution in [-0.4, -0.2) is 54.7 Å². The number of aromatic nitrogens is 1. The van der Waals surface area contributed by atoms with Gasteiger partial charge in [-0.2, -0.15) is 0 Å². The van der Waals surface area contributed by atoms with Gasteiger partial charge in [-0.05, 0) is 31.2 Å². The summed E-state index contributed by atoms with van der Waals surface area (Å²) in [6, 6.07) is 10.2. The zero-order chi connectivity index (χ0) is 20.6. The summed E-state index contributed by atoms with van der Waals surface area (Å²) in [6.07, 6.45) is 2.56. The van der Waals surface area contributed by atoms with E-state index in [9.17, 15) is 4.39 Å². The highest BCUT2D eigenvalue weighted by atomic mass is 127. The monoisotopic (exact) mass is 547 g/mol. The molecule has 1 fully saturated rings. The number of nitrogens with two attached hydrogens (primary N) is 1. The summed E-state index contributed by atoms with van der Waals surface area (Å²) < 4.78 is 20.3. The summed E-state index contributed by atoms with van der Waals surface area (Å²) in [5, 5.41) is 3.49. The van der Waals surface area contributed by atoms with Crippen LogP contribution in [0.4, 0.5) is 4.39 Å². The maximum absolute atomic E-state index is 14.6.